The maximum atomic E-state index is 12.2. The van der Waals surface area contributed by atoms with Gasteiger partial charge in [0.2, 0.25) is 0 Å². The second-order valence-corrected chi connectivity index (χ2v) is 10.3. The van der Waals surface area contributed by atoms with Gasteiger partial charge < -0.3 is 15.4 Å². The number of ketones is 1. The normalized spacial score (nSPS) is 19.5. The number of Topliss-reactive ketones (excluding diaryl/α,β-unsaturated/α-hetero) is 1. The Morgan fingerprint density at radius 3 is 2.88 bits per heavy atom. The largest absolute Gasteiger partial charge is 0.492 e. The fourth-order valence-corrected chi connectivity index (χ4v) is 5.46. The van der Waals surface area contributed by atoms with E-state index in [1.165, 1.54) is 0 Å². The van der Waals surface area contributed by atoms with Crippen LogP contribution in [0.2, 0.25) is 0 Å². The minimum Gasteiger partial charge on any atom is -0.492 e. The van der Waals surface area contributed by atoms with E-state index in [4.69, 9.17) is 10.5 Å². The molecule has 2 aromatic rings. The van der Waals surface area contributed by atoms with E-state index in [2.05, 4.69) is 21.2 Å². The van der Waals surface area contributed by atoms with Gasteiger partial charge in [-0.25, -0.2) is 13.4 Å². The van der Waals surface area contributed by atoms with Crippen LogP contribution in [0.4, 0.5) is 5.82 Å². The summed E-state index contributed by atoms with van der Waals surface area (Å²) < 4.78 is 33.5. The Hall–Kier alpha value is -2.94. The van der Waals surface area contributed by atoms with E-state index in [1.807, 2.05) is 12.1 Å². The van der Waals surface area contributed by atoms with E-state index in [9.17, 15) is 13.2 Å². The van der Waals surface area contributed by atoms with Gasteiger partial charge in [0, 0.05) is 37.2 Å². The fourth-order valence-electron chi connectivity index (χ4n) is 4.37. The van der Waals surface area contributed by atoms with Gasteiger partial charge in [0.05, 0.1) is 17.9 Å². The Labute approximate surface area is 194 Å². The van der Waals surface area contributed by atoms with Crippen LogP contribution >= 0.6 is 0 Å². The van der Waals surface area contributed by atoms with E-state index < -0.39 is 10.0 Å². The lowest BCUT2D eigenvalue weighted by molar-refractivity contribution is 0.0979. The first kappa shape index (κ1) is 23.2. The van der Waals surface area contributed by atoms with Gasteiger partial charge in [0.25, 0.3) is 10.0 Å². The zero-order valence-corrected chi connectivity index (χ0v) is 19.7. The van der Waals surface area contributed by atoms with E-state index >= 15 is 0 Å². The number of pyridine rings is 1. The number of fused-ring (bicyclic) bond motifs is 1. The molecule has 3 heterocycles. The van der Waals surface area contributed by atoms with Crippen molar-refractivity contribution < 1.29 is 17.9 Å². The van der Waals surface area contributed by atoms with Crippen molar-refractivity contribution in [3.8, 4) is 5.75 Å². The molecule has 0 amide bonds. The van der Waals surface area contributed by atoms with Crippen LogP contribution in [0.25, 0.3) is 0 Å². The van der Waals surface area contributed by atoms with Gasteiger partial charge in [0.15, 0.2) is 5.78 Å². The van der Waals surface area contributed by atoms with Gasteiger partial charge in [-0.2, -0.15) is 0 Å². The second kappa shape index (κ2) is 9.91. The third kappa shape index (κ3) is 5.52. The number of rotatable bonds is 8. The Morgan fingerprint density at radius 2 is 2.12 bits per heavy atom. The van der Waals surface area contributed by atoms with Crippen molar-refractivity contribution in [1.29, 1.82) is 0 Å². The Balaban J connectivity index is 1.39. The number of ether oxygens (including phenoxy) is 1. The molecular weight excluding hydrogens is 440 g/mol. The van der Waals surface area contributed by atoms with E-state index in [-0.39, 0.29) is 23.3 Å². The van der Waals surface area contributed by atoms with Crippen molar-refractivity contribution in [1.82, 2.24) is 4.98 Å². The highest BCUT2D eigenvalue weighted by atomic mass is 32.2. The molecule has 1 aromatic heterocycles. The van der Waals surface area contributed by atoms with E-state index in [0.717, 1.165) is 44.6 Å². The van der Waals surface area contributed by atoms with Crippen molar-refractivity contribution >= 4 is 27.5 Å². The third-order valence-electron chi connectivity index (χ3n) is 6.09. The number of nitrogens with zero attached hydrogens (tertiary/aromatic N) is 3. The summed E-state index contributed by atoms with van der Waals surface area (Å²) in [6, 6.07) is 9.12. The minimum atomic E-state index is -3.58. The number of nitrogens with two attached hydrogens (primary N) is 1. The molecule has 0 radical (unpaired) electrons. The van der Waals surface area contributed by atoms with Gasteiger partial charge in [-0.1, -0.05) is 25.5 Å². The lowest BCUT2D eigenvalue weighted by Crippen LogP contribution is -2.38. The van der Waals surface area contributed by atoms with Crippen molar-refractivity contribution in [2.45, 2.75) is 44.8 Å². The summed E-state index contributed by atoms with van der Waals surface area (Å²) in [5.74, 6) is 1.67. The predicted molar refractivity (Wildman–Crippen MR) is 128 cm³/mol. The van der Waals surface area contributed by atoms with Crippen LogP contribution in [-0.4, -0.2) is 44.7 Å². The number of sulfonamides is 1. The molecule has 2 aliphatic heterocycles. The van der Waals surface area contributed by atoms with Crippen molar-refractivity contribution in [2.24, 2.45) is 16.0 Å². The van der Waals surface area contributed by atoms with E-state index in [0.29, 0.717) is 35.5 Å². The summed E-state index contributed by atoms with van der Waals surface area (Å²) in [6.07, 6.45) is 6.18. The summed E-state index contributed by atoms with van der Waals surface area (Å²) in [4.78, 5) is 19.0. The Kier molecular flexibility index (Phi) is 6.97. The summed E-state index contributed by atoms with van der Waals surface area (Å²) in [5.41, 5.74) is 7.79. The molecule has 1 aromatic carbocycles. The molecule has 0 aliphatic carbocycles. The monoisotopic (exact) mass is 470 g/mol. The highest BCUT2D eigenvalue weighted by Crippen LogP contribution is 2.29. The number of carbonyl (C=O) groups is 1. The number of unbranched alkanes of at least 4 members (excludes halogenated alkanes) is 1. The number of aromatic nitrogens is 1. The third-order valence-corrected chi connectivity index (χ3v) is 7.24. The summed E-state index contributed by atoms with van der Waals surface area (Å²) in [7, 11) is -3.58. The lowest BCUT2D eigenvalue weighted by atomic mass is 9.98. The maximum Gasteiger partial charge on any atom is 0.259 e. The van der Waals surface area contributed by atoms with Crippen LogP contribution in [-0.2, 0) is 15.8 Å². The first-order valence-electron chi connectivity index (χ1n) is 11.4. The van der Waals surface area contributed by atoms with Crippen molar-refractivity contribution in [2.75, 3.05) is 24.6 Å². The zero-order valence-electron chi connectivity index (χ0n) is 18.9. The molecule has 4 rings (SSSR count). The molecule has 0 bridgehead atoms. The molecule has 1 atom stereocenters. The second-order valence-electron chi connectivity index (χ2n) is 8.69. The van der Waals surface area contributed by atoms with Gasteiger partial charge in [-0.15, -0.1) is 4.40 Å². The summed E-state index contributed by atoms with van der Waals surface area (Å²) >= 11 is 0. The number of hydrogen-bond acceptors (Lipinski definition) is 7. The molecule has 176 valence electrons. The van der Waals surface area contributed by atoms with Crippen LogP contribution in [0.5, 0.6) is 5.75 Å². The SMILES string of the molecule is CCCCC(=O)c1ccc(N2CCC[C@H](COc3cccc4c3C(N)=NS(=O)(=O)C4)C2)nc1. The first-order chi connectivity index (χ1) is 15.9. The topological polar surface area (TPSA) is 115 Å². The van der Waals surface area contributed by atoms with Gasteiger partial charge in [-0.3, -0.25) is 4.79 Å². The van der Waals surface area contributed by atoms with Gasteiger partial charge in [-0.05, 0) is 43.0 Å². The quantitative estimate of drug-likeness (QED) is 0.589. The van der Waals surface area contributed by atoms with E-state index in [1.54, 1.807) is 24.4 Å². The van der Waals surface area contributed by atoms with Crippen LogP contribution < -0.4 is 15.4 Å². The summed E-state index contributed by atoms with van der Waals surface area (Å²) in [6.45, 7) is 4.26. The number of carbonyl (C=O) groups excluding carboxylic acids is 1. The molecule has 2 N–H and O–H groups in total. The van der Waals surface area contributed by atoms with Crippen molar-refractivity contribution in [3.63, 3.8) is 0 Å². The van der Waals surface area contributed by atoms with Gasteiger partial charge >= 0.3 is 0 Å². The standard InChI is InChI=1S/C24H30N4O4S/c1-2-3-8-20(29)18-10-11-22(26-13-18)28-12-5-6-17(14-28)15-32-21-9-4-7-19-16-33(30,31)27-24(25)23(19)21/h4,7,9-11,13,17H,2-3,5-6,8,12,14-16H2,1H3,(H2,25,27)/t17-/m0/s1. The molecule has 1 saturated heterocycles. The lowest BCUT2D eigenvalue weighted by Gasteiger charge is -2.33. The highest BCUT2D eigenvalue weighted by molar-refractivity contribution is 7.89. The number of benzene rings is 1. The molecule has 9 heteroatoms. The highest BCUT2D eigenvalue weighted by Gasteiger charge is 2.26. The van der Waals surface area contributed by atoms with Crippen molar-refractivity contribution in [3.05, 3.63) is 53.2 Å². The van der Waals surface area contributed by atoms with Crippen LogP contribution in [0, 0.1) is 5.92 Å². The molecule has 0 unspecified atom stereocenters. The molecule has 0 spiro atoms. The zero-order chi connectivity index (χ0) is 23.4. The number of hydrogen-bond donors (Lipinski definition) is 1. The average Bonchev–Trinajstić information content (AvgIpc) is 2.80. The smallest absolute Gasteiger partial charge is 0.259 e. The van der Waals surface area contributed by atoms with Crippen LogP contribution in [0.3, 0.4) is 0 Å². The maximum absolute atomic E-state index is 12.2. The first-order valence-corrected chi connectivity index (χ1v) is 13.0. The van der Waals surface area contributed by atoms with Crippen LogP contribution in [0.1, 0.15) is 60.5 Å². The number of piperidine rings is 1. The molecule has 8 nitrogen and oxygen atoms in total. The molecular formula is C24H30N4O4S. The minimum absolute atomic E-state index is 0.0186. The molecule has 1 fully saturated rings. The summed E-state index contributed by atoms with van der Waals surface area (Å²) in [5, 5.41) is 0. The van der Waals surface area contributed by atoms with Gasteiger partial charge in [0.1, 0.15) is 17.4 Å². The number of amidine groups is 1. The average molecular weight is 471 g/mol. The molecule has 33 heavy (non-hydrogen) atoms. The Morgan fingerprint density at radius 1 is 1.27 bits per heavy atom. The van der Waals surface area contributed by atoms with Crippen LogP contribution in [0.15, 0.2) is 40.9 Å². The predicted octanol–water partition coefficient (Wildman–Crippen LogP) is 3.30. The molecule has 0 saturated carbocycles. The molecule has 2 aliphatic rings. The number of anilines is 1. The fraction of sp³-hybridized carbons (Fsp3) is 0.458. The Bertz CT molecular complexity index is 1150.